The molecule has 1 amide bonds. The van der Waals surface area contributed by atoms with E-state index >= 15 is 0 Å². The molecule has 7 nitrogen and oxygen atoms in total. The molecule has 0 N–H and O–H groups in total. The number of amides is 1. The maximum absolute atomic E-state index is 12.8. The Morgan fingerprint density at radius 1 is 1.14 bits per heavy atom. The summed E-state index contributed by atoms with van der Waals surface area (Å²) in [6.07, 6.45) is -0.0956. The van der Waals surface area contributed by atoms with Crippen molar-refractivity contribution in [1.82, 2.24) is 15.0 Å². The van der Waals surface area contributed by atoms with E-state index in [0.717, 1.165) is 11.3 Å². The standard InChI is InChI=1S/C21H22ClN3O4/c1-4-18(28-17-11-9-16(27-3)10-12-17)21(26)25(2)13-19-23-20(24-29-19)14-5-7-15(22)8-6-14/h5-12,18H,4,13H2,1-3H3/t18-/m1/s1. The van der Waals surface area contributed by atoms with Crippen LogP contribution in [0, 0.1) is 0 Å². The van der Waals surface area contributed by atoms with Crippen LogP contribution in [0.15, 0.2) is 53.1 Å². The average molecular weight is 416 g/mol. The smallest absolute Gasteiger partial charge is 0.263 e. The minimum absolute atomic E-state index is 0.172. The van der Waals surface area contributed by atoms with Crippen molar-refractivity contribution in [2.24, 2.45) is 0 Å². The Labute approximate surface area is 174 Å². The van der Waals surface area contributed by atoms with Gasteiger partial charge in [-0.15, -0.1) is 0 Å². The number of benzene rings is 2. The van der Waals surface area contributed by atoms with Crippen molar-refractivity contribution in [3.63, 3.8) is 0 Å². The van der Waals surface area contributed by atoms with E-state index in [0.29, 0.717) is 28.9 Å². The first kappa shape index (κ1) is 20.7. The molecule has 0 saturated heterocycles. The molecule has 3 aromatic rings. The fourth-order valence-electron chi connectivity index (χ4n) is 2.69. The molecule has 0 aliphatic heterocycles. The number of nitrogens with zero attached hydrogens (tertiary/aromatic N) is 3. The van der Waals surface area contributed by atoms with Crippen molar-refractivity contribution in [3.05, 3.63) is 59.4 Å². The number of hydrogen-bond acceptors (Lipinski definition) is 6. The quantitative estimate of drug-likeness (QED) is 0.548. The van der Waals surface area contributed by atoms with E-state index in [-0.39, 0.29) is 12.5 Å². The number of carbonyl (C=O) groups is 1. The summed E-state index contributed by atoms with van der Waals surface area (Å²) in [5.74, 6) is 1.93. The van der Waals surface area contributed by atoms with Crippen LogP contribution in [-0.2, 0) is 11.3 Å². The van der Waals surface area contributed by atoms with E-state index in [1.54, 1.807) is 50.6 Å². The van der Waals surface area contributed by atoms with E-state index in [2.05, 4.69) is 10.1 Å². The normalized spacial score (nSPS) is 11.7. The summed E-state index contributed by atoms with van der Waals surface area (Å²) in [7, 11) is 3.27. The van der Waals surface area contributed by atoms with Crippen molar-refractivity contribution >= 4 is 17.5 Å². The first-order valence-electron chi connectivity index (χ1n) is 9.14. The topological polar surface area (TPSA) is 77.7 Å². The molecule has 0 saturated carbocycles. The number of rotatable bonds is 8. The van der Waals surface area contributed by atoms with Gasteiger partial charge in [-0.25, -0.2) is 0 Å². The van der Waals surface area contributed by atoms with Gasteiger partial charge in [0.05, 0.1) is 13.7 Å². The number of ether oxygens (including phenoxy) is 2. The zero-order valence-electron chi connectivity index (χ0n) is 16.5. The van der Waals surface area contributed by atoms with Gasteiger partial charge in [0.1, 0.15) is 11.5 Å². The predicted molar refractivity (Wildman–Crippen MR) is 109 cm³/mol. The molecule has 0 aliphatic rings. The largest absolute Gasteiger partial charge is 0.497 e. The van der Waals surface area contributed by atoms with Crippen LogP contribution in [-0.4, -0.2) is 41.2 Å². The molecule has 8 heteroatoms. The molecule has 0 aliphatic carbocycles. The van der Waals surface area contributed by atoms with E-state index in [9.17, 15) is 4.79 Å². The Hall–Kier alpha value is -3.06. The molecule has 0 fully saturated rings. The van der Waals surface area contributed by atoms with Crippen LogP contribution in [0.1, 0.15) is 19.2 Å². The number of aromatic nitrogens is 2. The molecule has 1 heterocycles. The monoisotopic (exact) mass is 415 g/mol. The van der Waals surface area contributed by atoms with Gasteiger partial charge in [-0.3, -0.25) is 4.79 Å². The minimum atomic E-state index is -0.618. The molecule has 0 spiro atoms. The molecule has 3 rings (SSSR count). The van der Waals surface area contributed by atoms with Crippen LogP contribution in [0.25, 0.3) is 11.4 Å². The SMILES string of the molecule is CC[C@@H](Oc1ccc(OC)cc1)C(=O)N(C)Cc1nc(-c2ccc(Cl)cc2)no1. The van der Waals surface area contributed by atoms with Crippen LogP contribution in [0.5, 0.6) is 11.5 Å². The van der Waals surface area contributed by atoms with E-state index in [1.807, 2.05) is 19.1 Å². The Kier molecular flexibility index (Phi) is 6.72. The van der Waals surface area contributed by atoms with Gasteiger partial charge in [0.15, 0.2) is 6.10 Å². The van der Waals surface area contributed by atoms with E-state index < -0.39 is 6.10 Å². The van der Waals surface area contributed by atoms with Gasteiger partial charge in [-0.2, -0.15) is 4.98 Å². The highest BCUT2D eigenvalue weighted by atomic mass is 35.5. The summed E-state index contributed by atoms with van der Waals surface area (Å²) in [4.78, 5) is 18.7. The second kappa shape index (κ2) is 9.43. The minimum Gasteiger partial charge on any atom is -0.497 e. The fraction of sp³-hybridized carbons (Fsp3) is 0.286. The predicted octanol–water partition coefficient (Wildman–Crippen LogP) is 4.21. The second-order valence-electron chi connectivity index (χ2n) is 6.40. The van der Waals surface area contributed by atoms with Gasteiger partial charge in [0.25, 0.3) is 5.91 Å². The number of halogens is 1. The van der Waals surface area contributed by atoms with Gasteiger partial charge in [0.2, 0.25) is 11.7 Å². The van der Waals surface area contributed by atoms with Crippen molar-refractivity contribution in [2.45, 2.75) is 26.0 Å². The van der Waals surface area contributed by atoms with Crippen LogP contribution in [0.3, 0.4) is 0 Å². The van der Waals surface area contributed by atoms with Gasteiger partial charge in [-0.1, -0.05) is 23.7 Å². The zero-order valence-corrected chi connectivity index (χ0v) is 17.2. The maximum Gasteiger partial charge on any atom is 0.263 e. The molecule has 152 valence electrons. The summed E-state index contributed by atoms with van der Waals surface area (Å²) in [5, 5.41) is 4.60. The number of methoxy groups -OCH3 is 1. The fourth-order valence-corrected chi connectivity index (χ4v) is 2.81. The lowest BCUT2D eigenvalue weighted by Gasteiger charge is -2.22. The second-order valence-corrected chi connectivity index (χ2v) is 6.84. The van der Waals surface area contributed by atoms with Crippen LogP contribution in [0.4, 0.5) is 0 Å². The number of hydrogen-bond donors (Lipinski definition) is 0. The van der Waals surface area contributed by atoms with Gasteiger partial charge < -0.3 is 18.9 Å². The van der Waals surface area contributed by atoms with Gasteiger partial charge >= 0.3 is 0 Å². The summed E-state index contributed by atoms with van der Waals surface area (Å²) < 4.78 is 16.3. The Morgan fingerprint density at radius 3 is 2.41 bits per heavy atom. The molecular weight excluding hydrogens is 394 g/mol. The number of likely N-dealkylation sites (N-methyl/N-ethyl adjacent to an activating group) is 1. The molecular formula is C21H22ClN3O4. The van der Waals surface area contributed by atoms with Crippen LogP contribution >= 0.6 is 11.6 Å². The number of carbonyl (C=O) groups excluding carboxylic acids is 1. The highest BCUT2D eigenvalue weighted by molar-refractivity contribution is 6.30. The van der Waals surface area contributed by atoms with Crippen molar-refractivity contribution in [2.75, 3.05) is 14.2 Å². The molecule has 1 aromatic heterocycles. The molecule has 0 bridgehead atoms. The third-order valence-corrected chi connectivity index (χ3v) is 4.56. The van der Waals surface area contributed by atoms with Gasteiger partial charge in [0, 0.05) is 17.6 Å². The lowest BCUT2D eigenvalue weighted by atomic mass is 10.2. The first-order chi connectivity index (χ1) is 14.0. The summed E-state index contributed by atoms with van der Waals surface area (Å²) >= 11 is 5.90. The van der Waals surface area contributed by atoms with E-state index in [1.165, 1.54) is 4.90 Å². The third-order valence-electron chi connectivity index (χ3n) is 4.30. The first-order valence-corrected chi connectivity index (χ1v) is 9.52. The Balaban J connectivity index is 1.63. The van der Waals surface area contributed by atoms with Crippen molar-refractivity contribution in [1.29, 1.82) is 0 Å². The van der Waals surface area contributed by atoms with Crippen molar-refractivity contribution < 1.29 is 18.8 Å². The van der Waals surface area contributed by atoms with Gasteiger partial charge in [-0.05, 0) is 55.0 Å². The van der Waals surface area contributed by atoms with Crippen LogP contribution < -0.4 is 9.47 Å². The zero-order chi connectivity index (χ0) is 20.8. The molecule has 29 heavy (non-hydrogen) atoms. The lowest BCUT2D eigenvalue weighted by molar-refractivity contribution is -0.138. The summed E-state index contributed by atoms with van der Waals surface area (Å²) in [5.41, 5.74) is 0.785. The van der Waals surface area contributed by atoms with Crippen molar-refractivity contribution in [3.8, 4) is 22.9 Å². The lowest BCUT2D eigenvalue weighted by Crippen LogP contribution is -2.39. The Bertz CT molecular complexity index is 941. The highest BCUT2D eigenvalue weighted by Crippen LogP contribution is 2.21. The highest BCUT2D eigenvalue weighted by Gasteiger charge is 2.24. The summed E-state index contributed by atoms with van der Waals surface area (Å²) in [6.45, 7) is 2.08. The molecule has 2 aromatic carbocycles. The van der Waals surface area contributed by atoms with Crippen LogP contribution in [0.2, 0.25) is 5.02 Å². The third kappa shape index (κ3) is 5.26. The maximum atomic E-state index is 12.8. The molecule has 0 unspecified atom stereocenters. The summed E-state index contributed by atoms with van der Waals surface area (Å²) in [6, 6.07) is 14.2. The molecule has 0 radical (unpaired) electrons. The van der Waals surface area contributed by atoms with E-state index in [4.69, 9.17) is 25.6 Å². The molecule has 1 atom stereocenters. The average Bonchev–Trinajstić information content (AvgIpc) is 3.20. The Morgan fingerprint density at radius 2 is 1.79 bits per heavy atom.